The molecule has 1 heterocycles. The van der Waals surface area contributed by atoms with Crippen LogP contribution >= 0.6 is 11.6 Å². The van der Waals surface area contributed by atoms with E-state index in [0.29, 0.717) is 25.7 Å². The van der Waals surface area contributed by atoms with Crippen molar-refractivity contribution in [2.45, 2.75) is 38.7 Å². The van der Waals surface area contributed by atoms with Crippen LogP contribution in [-0.4, -0.2) is 53.5 Å². The van der Waals surface area contributed by atoms with Crippen LogP contribution in [0.5, 0.6) is 5.75 Å². The van der Waals surface area contributed by atoms with Crippen molar-refractivity contribution in [3.05, 3.63) is 88.4 Å². The quantitative estimate of drug-likeness (QED) is 0.289. The first kappa shape index (κ1) is 31.0. The average Bonchev–Trinajstić information content (AvgIpc) is 2.91. The van der Waals surface area contributed by atoms with Crippen molar-refractivity contribution in [2.75, 3.05) is 30.3 Å². The Balaban J connectivity index is 1.39. The molecular formula is C29H28ClF5N4O3. The van der Waals surface area contributed by atoms with Gasteiger partial charge in [-0.05, 0) is 61.9 Å². The molecule has 2 atom stereocenters. The Morgan fingerprint density at radius 3 is 2.38 bits per heavy atom. The Hall–Kier alpha value is -3.90. The SMILES string of the molecule is C[C@@H]1CN(C(=O)COc2ccc(Cl)cc2NC(=O)Nc2c(F)cccc2C(F)(F)F)[C@@H](C)CN1Cc1ccc(F)cc1. The summed E-state index contributed by atoms with van der Waals surface area (Å²) < 4.78 is 73.0. The Labute approximate surface area is 244 Å². The molecule has 0 aromatic heterocycles. The van der Waals surface area contributed by atoms with Gasteiger partial charge >= 0.3 is 12.2 Å². The minimum atomic E-state index is -4.91. The molecule has 13 heteroatoms. The minimum absolute atomic E-state index is 0.00614. The number of ether oxygens (including phenoxy) is 1. The molecule has 1 aliphatic rings. The molecule has 224 valence electrons. The lowest BCUT2D eigenvalue weighted by atomic mass is 10.1. The highest BCUT2D eigenvalue weighted by Gasteiger charge is 2.35. The highest BCUT2D eigenvalue weighted by Crippen LogP contribution is 2.36. The molecule has 0 saturated carbocycles. The Bertz CT molecular complexity index is 1440. The normalized spacial score (nSPS) is 17.6. The second-order valence-electron chi connectivity index (χ2n) is 9.97. The van der Waals surface area contributed by atoms with Gasteiger partial charge in [0.2, 0.25) is 0 Å². The first-order valence-electron chi connectivity index (χ1n) is 13.0. The number of hydrogen-bond acceptors (Lipinski definition) is 4. The van der Waals surface area contributed by atoms with Crippen molar-refractivity contribution in [2.24, 2.45) is 0 Å². The largest absolute Gasteiger partial charge is 0.482 e. The molecule has 4 rings (SSSR count). The summed E-state index contributed by atoms with van der Waals surface area (Å²) in [5, 5.41) is 4.37. The second kappa shape index (κ2) is 13.0. The zero-order valence-electron chi connectivity index (χ0n) is 22.6. The number of rotatable bonds is 7. The zero-order chi connectivity index (χ0) is 30.6. The van der Waals surface area contributed by atoms with Crippen LogP contribution in [-0.2, 0) is 17.5 Å². The number of carbonyl (C=O) groups is 2. The number of benzene rings is 3. The lowest BCUT2D eigenvalue weighted by Crippen LogP contribution is -2.58. The second-order valence-corrected chi connectivity index (χ2v) is 10.4. The first-order valence-corrected chi connectivity index (χ1v) is 13.3. The average molecular weight is 611 g/mol. The summed E-state index contributed by atoms with van der Waals surface area (Å²) in [4.78, 5) is 29.5. The molecule has 7 nitrogen and oxygen atoms in total. The van der Waals surface area contributed by atoms with E-state index in [1.54, 1.807) is 17.0 Å². The predicted octanol–water partition coefficient (Wildman–Crippen LogP) is 6.78. The molecule has 2 N–H and O–H groups in total. The number of piperazine rings is 1. The third kappa shape index (κ3) is 7.68. The number of halogens is 6. The van der Waals surface area contributed by atoms with Crippen LogP contribution < -0.4 is 15.4 Å². The van der Waals surface area contributed by atoms with Crippen LogP contribution in [0.4, 0.5) is 38.1 Å². The van der Waals surface area contributed by atoms with Crippen molar-refractivity contribution in [3.8, 4) is 5.75 Å². The molecule has 3 aromatic carbocycles. The molecule has 1 saturated heterocycles. The number of nitrogens with one attached hydrogen (secondary N) is 2. The van der Waals surface area contributed by atoms with Gasteiger partial charge < -0.3 is 20.3 Å². The molecule has 0 bridgehead atoms. The molecule has 1 fully saturated rings. The van der Waals surface area contributed by atoms with E-state index in [4.69, 9.17) is 16.3 Å². The topological polar surface area (TPSA) is 73.9 Å². The van der Waals surface area contributed by atoms with Gasteiger partial charge in [0.25, 0.3) is 5.91 Å². The highest BCUT2D eigenvalue weighted by atomic mass is 35.5. The van der Waals surface area contributed by atoms with Gasteiger partial charge in [0, 0.05) is 36.7 Å². The lowest BCUT2D eigenvalue weighted by Gasteiger charge is -2.44. The minimum Gasteiger partial charge on any atom is -0.482 e. The van der Waals surface area contributed by atoms with E-state index in [-0.39, 0.29) is 40.3 Å². The summed E-state index contributed by atoms with van der Waals surface area (Å²) >= 11 is 6.04. The highest BCUT2D eigenvalue weighted by molar-refractivity contribution is 6.31. The number of carbonyl (C=O) groups excluding carboxylic acids is 2. The van der Waals surface area contributed by atoms with Crippen molar-refractivity contribution < 1.29 is 36.3 Å². The standard InChI is InChI=1S/C29H28ClF5N4O3/c1-17-14-39(18(2)13-38(17)15-19-6-9-21(31)10-7-19)26(40)16-42-25-11-8-20(30)12-24(25)36-28(41)37-27-22(29(33,34)35)4-3-5-23(27)32/h3-12,17-18H,13-16H2,1-2H3,(H2,36,37,41)/t17-,18+/m1/s1. The smallest absolute Gasteiger partial charge is 0.418 e. The number of urea groups is 1. The molecule has 0 spiro atoms. The van der Waals surface area contributed by atoms with E-state index in [2.05, 4.69) is 10.2 Å². The number of alkyl halides is 3. The summed E-state index contributed by atoms with van der Waals surface area (Å²) in [6.45, 7) is 5.09. The lowest BCUT2D eigenvalue weighted by molar-refractivity contribution is -0.139. The molecule has 42 heavy (non-hydrogen) atoms. The maximum absolute atomic E-state index is 14.2. The van der Waals surface area contributed by atoms with E-state index >= 15 is 0 Å². The Morgan fingerprint density at radius 2 is 1.69 bits per heavy atom. The monoisotopic (exact) mass is 610 g/mol. The van der Waals surface area contributed by atoms with Gasteiger partial charge in [-0.3, -0.25) is 9.69 Å². The molecular weight excluding hydrogens is 583 g/mol. The van der Waals surface area contributed by atoms with Crippen molar-refractivity contribution in [1.29, 1.82) is 0 Å². The van der Waals surface area contributed by atoms with Crippen molar-refractivity contribution >= 4 is 34.9 Å². The summed E-state index contributed by atoms with van der Waals surface area (Å²) in [5.41, 5.74) is -1.48. The van der Waals surface area contributed by atoms with Crippen LogP contribution in [0, 0.1) is 11.6 Å². The van der Waals surface area contributed by atoms with Gasteiger partial charge in [0.05, 0.1) is 16.9 Å². The van der Waals surface area contributed by atoms with E-state index in [1.807, 2.05) is 19.2 Å². The van der Waals surface area contributed by atoms with Crippen molar-refractivity contribution in [1.82, 2.24) is 9.80 Å². The fraction of sp³-hybridized carbons (Fsp3) is 0.310. The summed E-state index contributed by atoms with van der Waals surface area (Å²) in [5.74, 6) is -1.87. The van der Waals surface area contributed by atoms with Gasteiger partial charge in [-0.25, -0.2) is 13.6 Å². The van der Waals surface area contributed by atoms with E-state index in [0.717, 1.165) is 17.7 Å². The van der Waals surface area contributed by atoms with Gasteiger partial charge in [0.1, 0.15) is 17.4 Å². The van der Waals surface area contributed by atoms with Gasteiger partial charge in [-0.15, -0.1) is 0 Å². The predicted molar refractivity (Wildman–Crippen MR) is 148 cm³/mol. The molecule has 3 aromatic rings. The maximum atomic E-state index is 14.2. The van der Waals surface area contributed by atoms with Crippen LogP contribution in [0.3, 0.4) is 0 Å². The van der Waals surface area contributed by atoms with Crippen LogP contribution in [0.1, 0.15) is 25.0 Å². The summed E-state index contributed by atoms with van der Waals surface area (Å²) in [6.07, 6.45) is -4.91. The Morgan fingerprint density at radius 1 is 0.976 bits per heavy atom. The van der Waals surface area contributed by atoms with Gasteiger partial charge in [-0.2, -0.15) is 13.2 Å². The molecule has 3 amide bonds. The van der Waals surface area contributed by atoms with E-state index in [1.165, 1.54) is 30.3 Å². The van der Waals surface area contributed by atoms with Crippen LogP contribution in [0.2, 0.25) is 5.02 Å². The number of para-hydroxylation sites is 1. The van der Waals surface area contributed by atoms with Crippen molar-refractivity contribution in [3.63, 3.8) is 0 Å². The molecule has 1 aliphatic heterocycles. The van der Waals surface area contributed by atoms with Crippen LogP contribution in [0.25, 0.3) is 0 Å². The number of nitrogens with zero attached hydrogens (tertiary/aromatic N) is 2. The summed E-state index contributed by atoms with van der Waals surface area (Å²) in [6, 6.07) is 11.4. The molecule has 0 unspecified atom stereocenters. The first-order chi connectivity index (χ1) is 19.8. The molecule has 0 aliphatic carbocycles. The number of hydrogen-bond donors (Lipinski definition) is 2. The van der Waals surface area contributed by atoms with Gasteiger partial charge in [0.15, 0.2) is 6.61 Å². The van der Waals surface area contributed by atoms with Crippen LogP contribution in [0.15, 0.2) is 60.7 Å². The summed E-state index contributed by atoms with van der Waals surface area (Å²) in [7, 11) is 0. The maximum Gasteiger partial charge on any atom is 0.418 e. The number of amides is 3. The number of anilines is 2. The zero-order valence-corrected chi connectivity index (χ0v) is 23.4. The fourth-order valence-electron chi connectivity index (χ4n) is 4.69. The van der Waals surface area contributed by atoms with E-state index < -0.39 is 35.9 Å². The van der Waals surface area contributed by atoms with E-state index in [9.17, 15) is 31.5 Å². The molecule has 0 radical (unpaired) electrons. The van der Waals surface area contributed by atoms with Gasteiger partial charge in [-0.1, -0.05) is 29.8 Å². The fourth-order valence-corrected chi connectivity index (χ4v) is 4.87. The Kier molecular flexibility index (Phi) is 9.57. The third-order valence-electron chi connectivity index (χ3n) is 6.83. The third-order valence-corrected chi connectivity index (χ3v) is 7.07.